The van der Waals surface area contributed by atoms with Gasteiger partial charge in [0.25, 0.3) is 0 Å². The van der Waals surface area contributed by atoms with E-state index in [0.717, 1.165) is 25.3 Å². The Balaban J connectivity index is 2.08. The molecule has 4 heteroatoms. The van der Waals surface area contributed by atoms with Gasteiger partial charge in [-0.1, -0.05) is 6.07 Å². The van der Waals surface area contributed by atoms with Gasteiger partial charge in [0, 0.05) is 37.4 Å². The van der Waals surface area contributed by atoms with E-state index in [-0.39, 0.29) is 11.6 Å². The Labute approximate surface area is 109 Å². The van der Waals surface area contributed by atoms with Gasteiger partial charge >= 0.3 is 0 Å². The molecule has 1 fully saturated rings. The highest BCUT2D eigenvalue weighted by Gasteiger charge is 2.32. The van der Waals surface area contributed by atoms with Gasteiger partial charge in [0.1, 0.15) is 0 Å². The molecule has 0 bridgehead atoms. The lowest BCUT2D eigenvalue weighted by Crippen LogP contribution is -2.61. The third-order valence-corrected chi connectivity index (χ3v) is 3.35. The molecule has 1 aromatic rings. The molecule has 1 N–H and O–H groups in total. The fourth-order valence-corrected chi connectivity index (χ4v) is 2.41. The number of piperazine rings is 1. The van der Waals surface area contributed by atoms with Crippen molar-refractivity contribution in [3.05, 3.63) is 30.1 Å². The van der Waals surface area contributed by atoms with Crippen molar-refractivity contribution in [2.45, 2.75) is 38.4 Å². The predicted molar refractivity (Wildman–Crippen MR) is 70.7 cm³/mol. The van der Waals surface area contributed by atoms with Gasteiger partial charge in [-0.2, -0.15) is 5.26 Å². The maximum Gasteiger partial charge on any atom is 0.0638 e. The Kier molecular flexibility index (Phi) is 3.95. The normalized spacial score (nSPS) is 23.5. The highest BCUT2D eigenvalue weighted by molar-refractivity contribution is 5.05. The third-order valence-electron chi connectivity index (χ3n) is 3.35. The van der Waals surface area contributed by atoms with Crippen molar-refractivity contribution in [3.63, 3.8) is 0 Å². The molecular weight excluding hydrogens is 224 g/mol. The Morgan fingerprint density at radius 1 is 1.56 bits per heavy atom. The monoisotopic (exact) mass is 244 g/mol. The van der Waals surface area contributed by atoms with Crippen LogP contribution in [-0.4, -0.2) is 34.6 Å². The fourth-order valence-electron chi connectivity index (χ4n) is 2.41. The Morgan fingerprint density at radius 3 is 3.06 bits per heavy atom. The van der Waals surface area contributed by atoms with E-state index >= 15 is 0 Å². The maximum atomic E-state index is 8.91. The van der Waals surface area contributed by atoms with Crippen LogP contribution in [0.1, 0.15) is 26.0 Å². The molecule has 4 nitrogen and oxygen atoms in total. The molecule has 0 saturated carbocycles. The van der Waals surface area contributed by atoms with Crippen LogP contribution in [0, 0.1) is 11.3 Å². The number of pyridine rings is 1. The second-order valence-electron chi connectivity index (χ2n) is 5.51. The summed E-state index contributed by atoms with van der Waals surface area (Å²) in [7, 11) is 0. The Hall–Kier alpha value is -1.44. The number of aromatic nitrogens is 1. The molecule has 0 amide bonds. The minimum absolute atomic E-state index is 0.0980. The van der Waals surface area contributed by atoms with E-state index < -0.39 is 0 Å². The smallest absolute Gasteiger partial charge is 0.0638 e. The first-order valence-corrected chi connectivity index (χ1v) is 6.37. The number of nitrogens with one attached hydrogen (secondary N) is 1. The summed E-state index contributed by atoms with van der Waals surface area (Å²) < 4.78 is 0. The molecule has 0 spiro atoms. The van der Waals surface area contributed by atoms with Gasteiger partial charge in [-0.15, -0.1) is 0 Å². The standard InChI is InChI=1S/C14H20N4/c1-14(2)11-18(13(6-7-15)9-17-14)10-12-5-3-4-8-16-12/h3-5,8,13,17H,6,9-11H2,1-2H3. The van der Waals surface area contributed by atoms with Crippen LogP contribution in [0.5, 0.6) is 0 Å². The number of hydrogen-bond donors (Lipinski definition) is 1. The van der Waals surface area contributed by atoms with Gasteiger partial charge in [-0.05, 0) is 26.0 Å². The van der Waals surface area contributed by atoms with Crippen LogP contribution < -0.4 is 5.32 Å². The van der Waals surface area contributed by atoms with Crippen molar-refractivity contribution in [2.24, 2.45) is 0 Å². The summed E-state index contributed by atoms with van der Waals surface area (Å²) in [4.78, 5) is 6.73. The van der Waals surface area contributed by atoms with Gasteiger partial charge in [-0.25, -0.2) is 0 Å². The van der Waals surface area contributed by atoms with Crippen molar-refractivity contribution >= 4 is 0 Å². The summed E-state index contributed by atoms with van der Waals surface area (Å²) in [6.07, 6.45) is 2.39. The molecule has 0 aliphatic carbocycles. The zero-order valence-corrected chi connectivity index (χ0v) is 11.1. The highest BCUT2D eigenvalue weighted by Crippen LogP contribution is 2.19. The van der Waals surface area contributed by atoms with Crippen LogP contribution in [0.25, 0.3) is 0 Å². The van der Waals surface area contributed by atoms with Crippen LogP contribution in [0.15, 0.2) is 24.4 Å². The molecular formula is C14H20N4. The van der Waals surface area contributed by atoms with Crippen LogP contribution in [0.4, 0.5) is 0 Å². The molecule has 1 aliphatic heterocycles. The molecule has 0 aromatic carbocycles. The molecule has 0 radical (unpaired) electrons. The molecule has 96 valence electrons. The van der Waals surface area contributed by atoms with Gasteiger partial charge in [0.2, 0.25) is 0 Å². The van der Waals surface area contributed by atoms with Crippen LogP contribution in [0.2, 0.25) is 0 Å². The summed E-state index contributed by atoms with van der Waals surface area (Å²) in [5.41, 5.74) is 1.17. The van der Waals surface area contributed by atoms with E-state index in [4.69, 9.17) is 5.26 Å². The average molecular weight is 244 g/mol. The first kappa shape index (κ1) is 13.0. The lowest BCUT2D eigenvalue weighted by Gasteiger charge is -2.43. The molecule has 1 aliphatic rings. The molecule has 1 aromatic heterocycles. The molecule has 1 unspecified atom stereocenters. The minimum Gasteiger partial charge on any atom is -0.309 e. The fraction of sp³-hybridized carbons (Fsp3) is 0.571. The minimum atomic E-state index is 0.0980. The number of nitrogens with zero attached hydrogens (tertiary/aromatic N) is 3. The lowest BCUT2D eigenvalue weighted by molar-refractivity contribution is 0.0891. The quantitative estimate of drug-likeness (QED) is 0.876. The first-order valence-electron chi connectivity index (χ1n) is 6.37. The molecule has 2 rings (SSSR count). The van der Waals surface area contributed by atoms with E-state index in [1.807, 2.05) is 24.4 Å². The molecule has 1 saturated heterocycles. The van der Waals surface area contributed by atoms with Crippen molar-refractivity contribution in [2.75, 3.05) is 13.1 Å². The second kappa shape index (κ2) is 5.47. The maximum absolute atomic E-state index is 8.91. The van der Waals surface area contributed by atoms with Crippen LogP contribution in [0.3, 0.4) is 0 Å². The predicted octanol–water partition coefficient (Wildman–Crippen LogP) is 1.55. The summed E-state index contributed by atoms with van der Waals surface area (Å²) in [5, 5.41) is 12.4. The van der Waals surface area contributed by atoms with E-state index in [1.54, 1.807) is 0 Å². The number of rotatable bonds is 3. The molecule has 2 heterocycles. The summed E-state index contributed by atoms with van der Waals surface area (Å²) in [6.45, 7) is 7.02. The van der Waals surface area contributed by atoms with Crippen molar-refractivity contribution in [1.29, 1.82) is 5.26 Å². The van der Waals surface area contributed by atoms with Crippen LogP contribution in [-0.2, 0) is 6.54 Å². The average Bonchev–Trinajstić information content (AvgIpc) is 2.34. The highest BCUT2D eigenvalue weighted by atomic mass is 15.2. The molecule has 18 heavy (non-hydrogen) atoms. The number of nitriles is 1. The van der Waals surface area contributed by atoms with Crippen molar-refractivity contribution < 1.29 is 0 Å². The van der Waals surface area contributed by atoms with Crippen LogP contribution >= 0.6 is 0 Å². The molecule has 1 atom stereocenters. The summed E-state index contributed by atoms with van der Waals surface area (Å²) in [5.74, 6) is 0. The SMILES string of the molecule is CC1(C)CN(Cc2ccccn2)C(CC#N)CN1. The topological polar surface area (TPSA) is 52.0 Å². The van der Waals surface area contributed by atoms with E-state index in [1.165, 1.54) is 0 Å². The van der Waals surface area contributed by atoms with Crippen molar-refractivity contribution in [1.82, 2.24) is 15.2 Å². The third kappa shape index (κ3) is 3.28. The second-order valence-corrected chi connectivity index (χ2v) is 5.51. The van der Waals surface area contributed by atoms with E-state index in [0.29, 0.717) is 6.42 Å². The zero-order chi connectivity index (χ0) is 13.0. The largest absolute Gasteiger partial charge is 0.309 e. The number of hydrogen-bond acceptors (Lipinski definition) is 4. The Morgan fingerprint density at radius 2 is 2.39 bits per heavy atom. The van der Waals surface area contributed by atoms with E-state index in [9.17, 15) is 0 Å². The van der Waals surface area contributed by atoms with E-state index in [2.05, 4.69) is 35.1 Å². The zero-order valence-electron chi connectivity index (χ0n) is 11.1. The Bertz CT molecular complexity index is 421. The van der Waals surface area contributed by atoms with Gasteiger partial charge < -0.3 is 5.32 Å². The lowest BCUT2D eigenvalue weighted by atomic mass is 9.97. The van der Waals surface area contributed by atoms with Gasteiger partial charge in [0.05, 0.1) is 18.2 Å². The summed E-state index contributed by atoms with van der Waals surface area (Å²) >= 11 is 0. The van der Waals surface area contributed by atoms with Crippen molar-refractivity contribution in [3.8, 4) is 6.07 Å². The van der Waals surface area contributed by atoms with Gasteiger partial charge in [0.15, 0.2) is 0 Å². The summed E-state index contributed by atoms with van der Waals surface area (Å²) in [6, 6.07) is 8.54. The first-order chi connectivity index (χ1) is 8.61. The van der Waals surface area contributed by atoms with Gasteiger partial charge in [-0.3, -0.25) is 9.88 Å².